The number of hydrogen-bond acceptors (Lipinski definition) is 4. The molecule has 0 saturated heterocycles. The Balaban J connectivity index is 1.70. The summed E-state index contributed by atoms with van der Waals surface area (Å²) < 4.78 is 2.01. The molecule has 0 spiro atoms. The number of aromatic nitrogens is 2. The van der Waals surface area contributed by atoms with Crippen molar-refractivity contribution in [2.45, 2.75) is 51.5 Å². The second-order valence-corrected chi connectivity index (χ2v) is 7.47. The van der Waals surface area contributed by atoms with E-state index >= 15 is 0 Å². The monoisotopic (exact) mass is 364 g/mol. The summed E-state index contributed by atoms with van der Waals surface area (Å²) in [6.07, 6.45) is 8.57. The number of carbonyl (C=O) groups excluding carboxylic acids is 2. The zero-order valence-corrected chi connectivity index (χ0v) is 16.1. The molecule has 1 aliphatic rings. The van der Waals surface area contributed by atoms with E-state index in [1.165, 1.54) is 13.8 Å². The topological polar surface area (TPSA) is 64.0 Å². The van der Waals surface area contributed by atoms with Gasteiger partial charge in [-0.3, -0.25) is 4.79 Å². The molecule has 141 valence electrons. The summed E-state index contributed by atoms with van der Waals surface area (Å²) in [5.74, 6) is 0.475. The Morgan fingerprint density at radius 1 is 1.30 bits per heavy atom. The second kappa shape index (κ2) is 9.13. The van der Waals surface area contributed by atoms with Crippen LogP contribution in [0.25, 0.3) is 11.3 Å². The lowest BCUT2D eigenvalue weighted by atomic mass is 9.79. The molecule has 6 heteroatoms. The molecule has 1 fully saturated rings. The zero-order chi connectivity index (χ0) is 19.2. The molecule has 1 heterocycles. The molecule has 1 saturated carbocycles. The van der Waals surface area contributed by atoms with E-state index < -0.39 is 0 Å². The van der Waals surface area contributed by atoms with Crippen LogP contribution < -0.4 is 5.23 Å². The van der Waals surface area contributed by atoms with Crippen molar-refractivity contribution in [2.75, 3.05) is 0 Å². The number of aryl methyl sites for hydroxylation is 2. The predicted octanol–water partition coefficient (Wildman–Crippen LogP) is 2.86. The van der Waals surface area contributed by atoms with Crippen LogP contribution in [-0.4, -0.2) is 35.0 Å². The minimum absolute atomic E-state index is 0.157. The molecule has 1 N–H and O–H groups in total. The Morgan fingerprint density at radius 2 is 2.00 bits per heavy atom. The molecule has 0 aliphatic heterocycles. The molecule has 2 aromatic rings. The highest BCUT2D eigenvalue weighted by Gasteiger charge is 2.28. The zero-order valence-electron chi connectivity index (χ0n) is 16.1. The van der Waals surface area contributed by atoms with Crippen LogP contribution in [0.3, 0.4) is 0 Å². The van der Waals surface area contributed by atoms with Crippen molar-refractivity contribution in [1.29, 1.82) is 0 Å². The maximum Gasteiger partial charge on any atom is 0.290 e. The van der Waals surface area contributed by atoms with Crippen LogP contribution in [0, 0.1) is 12.8 Å². The summed E-state index contributed by atoms with van der Waals surface area (Å²) in [6.45, 7) is 2.00. The third-order valence-electron chi connectivity index (χ3n) is 5.54. The number of hydrogen-bond donors (Lipinski definition) is 1. The number of nitrogens with zero attached hydrogens (tertiary/aromatic N) is 2. The SMILES string of the molecule is Cc1ncn(C)c1-c1ccc(CC(=O)[C@@H](N[B]C=O)C2CCCCC2)cc1. The smallest absolute Gasteiger partial charge is 0.290 e. The van der Waals surface area contributed by atoms with Crippen LogP contribution in [0.5, 0.6) is 0 Å². The number of imidazole rings is 1. The molecule has 27 heavy (non-hydrogen) atoms. The summed E-state index contributed by atoms with van der Waals surface area (Å²) in [5.41, 5.74) is 4.18. The Kier molecular flexibility index (Phi) is 6.61. The molecule has 0 unspecified atom stereocenters. The highest BCUT2D eigenvalue weighted by atomic mass is 16.1. The van der Waals surface area contributed by atoms with Gasteiger partial charge in [0.15, 0.2) is 5.78 Å². The first-order chi connectivity index (χ1) is 13.1. The lowest BCUT2D eigenvalue weighted by molar-refractivity contribution is -0.121. The van der Waals surface area contributed by atoms with Gasteiger partial charge in [0, 0.05) is 19.0 Å². The molecular weight excluding hydrogens is 337 g/mol. The van der Waals surface area contributed by atoms with Gasteiger partial charge in [-0.2, -0.15) is 0 Å². The lowest BCUT2D eigenvalue weighted by Crippen LogP contribution is -2.46. The molecule has 1 radical (unpaired) electrons. The van der Waals surface area contributed by atoms with E-state index in [1.54, 1.807) is 0 Å². The minimum Gasteiger partial charge on any atom is -0.345 e. The van der Waals surface area contributed by atoms with E-state index in [1.807, 2.05) is 49.1 Å². The minimum atomic E-state index is -0.269. The normalized spacial score (nSPS) is 16.1. The predicted molar refractivity (Wildman–Crippen MR) is 108 cm³/mol. The average Bonchev–Trinajstić information content (AvgIpc) is 3.02. The van der Waals surface area contributed by atoms with E-state index in [0.29, 0.717) is 18.5 Å². The number of rotatable bonds is 8. The number of benzene rings is 1. The summed E-state index contributed by atoms with van der Waals surface area (Å²) in [5, 5.41) is 3.05. The molecule has 5 nitrogen and oxygen atoms in total. The van der Waals surface area contributed by atoms with Crippen molar-refractivity contribution in [2.24, 2.45) is 13.0 Å². The largest absolute Gasteiger partial charge is 0.345 e. The van der Waals surface area contributed by atoms with Crippen molar-refractivity contribution in [1.82, 2.24) is 14.8 Å². The summed E-state index contributed by atoms with van der Waals surface area (Å²) in [4.78, 5) is 28.0. The maximum absolute atomic E-state index is 12.9. The van der Waals surface area contributed by atoms with Gasteiger partial charge in [0.25, 0.3) is 7.41 Å². The molecule has 1 aromatic heterocycles. The van der Waals surface area contributed by atoms with Crippen LogP contribution in [0.2, 0.25) is 0 Å². The van der Waals surface area contributed by atoms with Crippen molar-refractivity contribution in [3.8, 4) is 11.3 Å². The Morgan fingerprint density at radius 3 is 2.59 bits per heavy atom. The van der Waals surface area contributed by atoms with Gasteiger partial charge in [-0.1, -0.05) is 43.5 Å². The van der Waals surface area contributed by atoms with E-state index in [2.05, 4.69) is 10.2 Å². The molecule has 0 amide bonds. The number of ketones is 1. The lowest BCUT2D eigenvalue weighted by Gasteiger charge is -2.29. The molecular formula is C21H27BN3O2. The average molecular weight is 364 g/mol. The van der Waals surface area contributed by atoms with Gasteiger partial charge in [0.2, 0.25) is 0 Å². The quantitative estimate of drug-likeness (QED) is 0.578. The van der Waals surface area contributed by atoms with Crippen LogP contribution >= 0.6 is 0 Å². The van der Waals surface area contributed by atoms with Crippen molar-refractivity contribution in [3.63, 3.8) is 0 Å². The standard InChI is InChI=1S/C21H27BN3O2/c1-15-21(25(2)14-23-15)18-10-8-16(9-11-18)12-19(27)20(24-22-13-26)17-6-4-3-5-7-17/h8-11,13-14,17,20,24H,3-7,12H2,1-2H3/t20-/m0/s1. The van der Waals surface area contributed by atoms with Crippen LogP contribution in [0.15, 0.2) is 30.6 Å². The highest BCUT2D eigenvalue weighted by molar-refractivity contribution is 6.64. The van der Waals surface area contributed by atoms with Crippen LogP contribution in [0.4, 0.5) is 0 Å². The first kappa shape index (κ1) is 19.6. The highest BCUT2D eigenvalue weighted by Crippen LogP contribution is 2.28. The molecule has 1 aromatic carbocycles. The summed E-state index contributed by atoms with van der Waals surface area (Å²) in [7, 11) is 3.35. The third-order valence-corrected chi connectivity index (χ3v) is 5.54. The van der Waals surface area contributed by atoms with E-state index in [-0.39, 0.29) is 11.8 Å². The number of Topliss-reactive ketones (excluding diaryl/α,β-unsaturated/α-hetero) is 1. The van der Waals surface area contributed by atoms with E-state index in [0.717, 1.165) is 48.2 Å². The Bertz CT molecular complexity index is 760. The molecule has 1 atom stereocenters. The first-order valence-corrected chi connectivity index (χ1v) is 9.73. The fourth-order valence-electron chi connectivity index (χ4n) is 4.15. The molecule has 3 rings (SSSR count). The van der Waals surface area contributed by atoms with Gasteiger partial charge in [0.1, 0.15) is 0 Å². The molecule has 1 aliphatic carbocycles. The Hall–Kier alpha value is -2.21. The van der Waals surface area contributed by atoms with Crippen molar-refractivity contribution in [3.05, 3.63) is 41.9 Å². The maximum atomic E-state index is 12.9. The summed E-state index contributed by atoms with van der Waals surface area (Å²) in [6, 6.07) is 7.86. The summed E-state index contributed by atoms with van der Waals surface area (Å²) >= 11 is 0. The van der Waals surface area contributed by atoms with Gasteiger partial charge in [0.05, 0.1) is 29.9 Å². The van der Waals surface area contributed by atoms with Crippen LogP contribution in [0.1, 0.15) is 43.4 Å². The fraction of sp³-hybridized carbons (Fsp3) is 0.476. The van der Waals surface area contributed by atoms with E-state index in [4.69, 9.17) is 0 Å². The van der Waals surface area contributed by atoms with Gasteiger partial charge in [-0.05, 0) is 31.2 Å². The first-order valence-electron chi connectivity index (χ1n) is 9.73. The van der Waals surface area contributed by atoms with Crippen molar-refractivity contribution < 1.29 is 9.59 Å². The van der Waals surface area contributed by atoms with Gasteiger partial charge in [-0.25, -0.2) is 4.98 Å². The molecule has 0 bridgehead atoms. The fourth-order valence-corrected chi connectivity index (χ4v) is 4.15. The van der Waals surface area contributed by atoms with Crippen LogP contribution in [-0.2, 0) is 23.1 Å². The van der Waals surface area contributed by atoms with Gasteiger partial charge >= 0.3 is 0 Å². The number of carbonyl (C=O) groups is 2. The van der Waals surface area contributed by atoms with Gasteiger partial charge < -0.3 is 14.6 Å². The Labute approximate surface area is 161 Å². The third kappa shape index (κ3) is 4.75. The number of nitrogens with one attached hydrogen (secondary N) is 1. The van der Waals surface area contributed by atoms with Crippen molar-refractivity contribution >= 4 is 19.4 Å². The second-order valence-electron chi connectivity index (χ2n) is 7.47. The van der Waals surface area contributed by atoms with E-state index in [9.17, 15) is 9.59 Å². The van der Waals surface area contributed by atoms with Gasteiger partial charge in [-0.15, -0.1) is 0 Å².